The van der Waals surface area contributed by atoms with Crippen molar-refractivity contribution in [3.05, 3.63) is 23.9 Å². The van der Waals surface area contributed by atoms with Crippen LogP contribution in [0.5, 0.6) is 5.88 Å². The second-order valence-corrected chi connectivity index (χ2v) is 5.94. The number of hydrogen-bond acceptors (Lipinski definition) is 4. The Hall–Kier alpha value is -1.62. The summed E-state index contributed by atoms with van der Waals surface area (Å²) in [4.78, 5) is 18.6. The van der Waals surface area contributed by atoms with E-state index in [1.54, 1.807) is 18.3 Å². The molecule has 0 atom stereocenters. The van der Waals surface area contributed by atoms with E-state index in [-0.39, 0.29) is 5.91 Å². The van der Waals surface area contributed by atoms with Gasteiger partial charge in [0.2, 0.25) is 5.88 Å². The molecule has 22 heavy (non-hydrogen) atoms. The first kappa shape index (κ1) is 16.7. The fraction of sp³-hybridized carbons (Fsp3) is 0.647. The standard InChI is InChI=1S/C17H27N3O2/c1-20(14-8-4-3-5-9-14)13-7-12-18-16(21)15-10-6-11-19-17(15)22-2/h6,10-11,14H,3-5,7-9,12-13H2,1-2H3,(H,18,21). The van der Waals surface area contributed by atoms with Crippen molar-refractivity contribution in [1.29, 1.82) is 0 Å². The van der Waals surface area contributed by atoms with Gasteiger partial charge in [0.25, 0.3) is 5.91 Å². The number of amides is 1. The van der Waals surface area contributed by atoms with E-state index in [9.17, 15) is 4.79 Å². The van der Waals surface area contributed by atoms with E-state index in [0.717, 1.165) is 19.0 Å². The molecule has 122 valence electrons. The first-order chi connectivity index (χ1) is 10.7. The van der Waals surface area contributed by atoms with Crippen LogP contribution in [0.4, 0.5) is 0 Å². The summed E-state index contributed by atoms with van der Waals surface area (Å²) in [6, 6.07) is 4.20. The molecule has 1 saturated carbocycles. The highest BCUT2D eigenvalue weighted by Crippen LogP contribution is 2.21. The average Bonchev–Trinajstić information content (AvgIpc) is 2.59. The Kier molecular flexibility index (Phi) is 6.65. The van der Waals surface area contributed by atoms with Crippen LogP contribution >= 0.6 is 0 Å². The molecule has 2 rings (SSSR count). The van der Waals surface area contributed by atoms with Crippen molar-refractivity contribution in [2.24, 2.45) is 0 Å². The van der Waals surface area contributed by atoms with E-state index in [4.69, 9.17) is 4.74 Å². The molecule has 0 aliphatic heterocycles. The summed E-state index contributed by atoms with van der Waals surface area (Å²) in [6.07, 6.45) is 9.30. The molecule has 0 unspecified atom stereocenters. The molecule has 1 heterocycles. The first-order valence-electron chi connectivity index (χ1n) is 8.20. The molecule has 1 aliphatic carbocycles. The van der Waals surface area contributed by atoms with Crippen LogP contribution in [0.3, 0.4) is 0 Å². The molecule has 1 aromatic heterocycles. The van der Waals surface area contributed by atoms with Gasteiger partial charge in [0.1, 0.15) is 5.56 Å². The van der Waals surface area contributed by atoms with E-state index >= 15 is 0 Å². The molecule has 5 heteroatoms. The second kappa shape index (κ2) is 8.73. The molecule has 0 saturated heterocycles. The lowest BCUT2D eigenvalue weighted by atomic mass is 9.94. The first-order valence-corrected chi connectivity index (χ1v) is 8.20. The Morgan fingerprint density at radius 1 is 1.41 bits per heavy atom. The van der Waals surface area contributed by atoms with Crippen LogP contribution < -0.4 is 10.1 Å². The van der Waals surface area contributed by atoms with Gasteiger partial charge >= 0.3 is 0 Å². The highest BCUT2D eigenvalue weighted by Gasteiger charge is 2.17. The number of rotatable bonds is 7. The molecule has 1 fully saturated rings. The minimum atomic E-state index is -0.120. The Morgan fingerprint density at radius 3 is 2.91 bits per heavy atom. The maximum absolute atomic E-state index is 12.1. The van der Waals surface area contributed by atoms with Crippen LogP contribution in [0.15, 0.2) is 18.3 Å². The molecule has 1 aromatic rings. The van der Waals surface area contributed by atoms with E-state index < -0.39 is 0 Å². The van der Waals surface area contributed by atoms with Crippen molar-refractivity contribution in [2.75, 3.05) is 27.2 Å². The molecule has 5 nitrogen and oxygen atoms in total. The number of nitrogens with one attached hydrogen (secondary N) is 1. The SMILES string of the molecule is COc1ncccc1C(=O)NCCCN(C)C1CCCCC1. The fourth-order valence-corrected chi connectivity index (χ4v) is 3.06. The highest BCUT2D eigenvalue weighted by atomic mass is 16.5. The predicted molar refractivity (Wildman–Crippen MR) is 87.2 cm³/mol. The predicted octanol–water partition coefficient (Wildman–Crippen LogP) is 2.47. The number of carbonyl (C=O) groups is 1. The van der Waals surface area contributed by atoms with Gasteiger partial charge in [0.05, 0.1) is 7.11 Å². The molecule has 0 aromatic carbocycles. The van der Waals surface area contributed by atoms with Gasteiger partial charge < -0.3 is 15.0 Å². The van der Waals surface area contributed by atoms with Gasteiger partial charge in [-0.1, -0.05) is 19.3 Å². The zero-order valence-corrected chi connectivity index (χ0v) is 13.7. The lowest BCUT2D eigenvalue weighted by molar-refractivity contribution is 0.0946. The summed E-state index contributed by atoms with van der Waals surface area (Å²) in [5, 5.41) is 2.95. The van der Waals surface area contributed by atoms with Gasteiger partial charge in [-0.25, -0.2) is 4.98 Å². The van der Waals surface area contributed by atoms with Gasteiger partial charge in [-0.3, -0.25) is 4.79 Å². The van der Waals surface area contributed by atoms with Crippen LogP contribution in [0, 0.1) is 0 Å². The van der Waals surface area contributed by atoms with E-state index in [0.29, 0.717) is 18.0 Å². The molecular formula is C17H27N3O2. The Balaban J connectivity index is 1.70. The van der Waals surface area contributed by atoms with Crippen molar-refractivity contribution < 1.29 is 9.53 Å². The van der Waals surface area contributed by atoms with Crippen molar-refractivity contribution in [1.82, 2.24) is 15.2 Å². The quantitative estimate of drug-likeness (QED) is 0.786. The number of ether oxygens (including phenoxy) is 1. The summed E-state index contributed by atoms with van der Waals surface area (Å²) in [6.45, 7) is 1.70. The smallest absolute Gasteiger partial charge is 0.256 e. The zero-order chi connectivity index (χ0) is 15.8. The van der Waals surface area contributed by atoms with Crippen molar-refractivity contribution in [3.63, 3.8) is 0 Å². The Bertz CT molecular complexity index is 473. The van der Waals surface area contributed by atoms with Crippen LogP contribution in [0.1, 0.15) is 48.9 Å². The largest absolute Gasteiger partial charge is 0.480 e. The van der Waals surface area contributed by atoms with E-state index in [2.05, 4.69) is 22.2 Å². The molecule has 1 aliphatic rings. The molecule has 1 amide bonds. The maximum atomic E-state index is 12.1. The molecular weight excluding hydrogens is 278 g/mol. The van der Waals surface area contributed by atoms with Crippen LogP contribution in [0.25, 0.3) is 0 Å². The summed E-state index contributed by atoms with van der Waals surface area (Å²) in [5.74, 6) is 0.254. The topological polar surface area (TPSA) is 54.5 Å². The number of pyridine rings is 1. The Labute approximate surface area is 133 Å². The summed E-state index contributed by atoms with van der Waals surface area (Å²) in [7, 11) is 3.72. The third-order valence-electron chi connectivity index (χ3n) is 4.38. The summed E-state index contributed by atoms with van der Waals surface area (Å²) in [5.41, 5.74) is 0.491. The van der Waals surface area contributed by atoms with Gasteiger partial charge in [-0.05, 0) is 45.0 Å². The normalized spacial score (nSPS) is 15.8. The summed E-state index contributed by atoms with van der Waals surface area (Å²) < 4.78 is 5.11. The lowest BCUT2D eigenvalue weighted by Gasteiger charge is -2.31. The fourth-order valence-electron chi connectivity index (χ4n) is 3.06. The van der Waals surface area contributed by atoms with Crippen molar-refractivity contribution >= 4 is 5.91 Å². The summed E-state index contributed by atoms with van der Waals surface area (Å²) >= 11 is 0. The molecule has 0 radical (unpaired) electrons. The third kappa shape index (κ3) is 4.70. The number of hydrogen-bond donors (Lipinski definition) is 1. The monoisotopic (exact) mass is 305 g/mol. The van der Waals surface area contributed by atoms with Crippen molar-refractivity contribution in [3.8, 4) is 5.88 Å². The zero-order valence-electron chi connectivity index (χ0n) is 13.7. The van der Waals surface area contributed by atoms with E-state index in [1.807, 2.05) is 0 Å². The van der Waals surface area contributed by atoms with Crippen LogP contribution in [-0.4, -0.2) is 49.1 Å². The highest BCUT2D eigenvalue weighted by molar-refractivity contribution is 5.96. The van der Waals surface area contributed by atoms with Crippen molar-refractivity contribution in [2.45, 2.75) is 44.6 Å². The van der Waals surface area contributed by atoms with Gasteiger partial charge in [-0.2, -0.15) is 0 Å². The van der Waals surface area contributed by atoms with E-state index in [1.165, 1.54) is 39.2 Å². The number of carbonyl (C=O) groups excluding carboxylic acids is 1. The van der Waals surface area contributed by atoms with Gasteiger partial charge in [0.15, 0.2) is 0 Å². The minimum Gasteiger partial charge on any atom is -0.480 e. The van der Waals surface area contributed by atoms with Gasteiger partial charge in [-0.15, -0.1) is 0 Å². The minimum absolute atomic E-state index is 0.120. The Morgan fingerprint density at radius 2 is 2.18 bits per heavy atom. The lowest BCUT2D eigenvalue weighted by Crippen LogP contribution is -2.35. The molecule has 0 spiro atoms. The number of aromatic nitrogens is 1. The maximum Gasteiger partial charge on any atom is 0.256 e. The third-order valence-corrected chi connectivity index (χ3v) is 4.38. The molecule has 0 bridgehead atoms. The average molecular weight is 305 g/mol. The van der Waals surface area contributed by atoms with Crippen LogP contribution in [-0.2, 0) is 0 Å². The number of nitrogens with zero attached hydrogens (tertiary/aromatic N) is 2. The van der Waals surface area contributed by atoms with Gasteiger partial charge in [0, 0.05) is 18.8 Å². The second-order valence-electron chi connectivity index (χ2n) is 5.94. The van der Waals surface area contributed by atoms with Crippen LogP contribution in [0.2, 0.25) is 0 Å². The number of methoxy groups -OCH3 is 1. The molecule has 1 N–H and O–H groups in total.